The second-order valence-electron chi connectivity index (χ2n) is 3.93. The number of hydrogen-bond donors (Lipinski definition) is 2. The fraction of sp³-hybridized carbons (Fsp3) is 0.455. The highest BCUT2D eigenvalue weighted by Gasteiger charge is 2.22. The zero-order chi connectivity index (χ0) is 11.6. The van der Waals surface area contributed by atoms with Crippen LogP contribution in [0.15, 0.2) is 22.7 Å². The highest BCUT2D eigenvalue weighted by atomic mass is 79.9. The number of nitrogens with two attached hydrogens (primary N) is 1. The number of benzene rings is 1. The Morgan fingerprint density at radius 2 is 2.00 bits per heavy atom. The van der Waals surface area contributed by atoms with Gasteiger partial charge < -0.3 is 10.8 Å². The molecule has 0 radical (unpaired) electrons. The number of rotatable bonds is 3. The van der Waals surface area contributed by atoms with Crippen LogP contribution in [0, 0.1) is 11.7 Å². The maximum atomic E-state index is 13.0. The van der Waals surface area contributed by atoms with E-state index in [9.17, 15) is 9.50 Å². The fourth-order valence-corrected chi connectivity index (χ4v) is 1.79. The largest absolute Gasteiger partial charge is 0.387 e. The average Bonchev–Trinajstić information content (AvgIpc) is 2.19. The molecule has 2 nitrogen and oxygen atoms in total. The summed E-state index contributed by atoms with van der Waals surface area (Å²) in [4.78, 5) is 0. The van der Waals surface area contributed by atoms with E-state index in [1.165, 1.54) is 12.1 Å². The van der Waals surface area contributed by atoms with Gasteiger partial charge in [-0.2, -0.15) is 0 Å². The van der Waals surface area contributed by atoms with Crippen molar-refractivity contribution in [3.8, 4) is 0 Å². The predicted molar refractivity (Wildman–Crippen MR) is 61.9 cm³/mol. The smallest absolute Gasteiger partial charge is 0.123 e. The molecule has 3 N–H and O–H groups in total. The van der Waals surface area contributed by atoms with Crippen molar-refractivity contribution in [3.05, 3.63) is 34.1 Å². The Bertz CT molecular complexity index is 343. The topological polar surface area (TPSA) is 46.2 Å². The number of aliphatic hydroxyl groups is 1. The van der Waals surface area contributed by atoms with Gasteiger partial charge in [0.2, 0.25) is 0 Å². The molecule has 0 saturated heterocycles. The van der Waals surface area contributed by atoms with Crippen LogP contribution in [0.4, 0.5) is 4.39 Å². The Morgan fingerprint density at radius 1 is 1.40 bits per heavy atom. The van der Waals surface area contributed by atoms with Crippen molar-refractivity contribution < 1.29 is 9.50 Å². The first-order valence-electron chi connectivity index (χ1n) is 4.82. The zero-order valence-corrected chi connectivity index (χ0v) is 10.3. The lowest BCUT2D eigenvalue weighted by Gasteiger charge is -2.23. The molecular weight excluding hydrogens is 261 g/mol. The first-order valence-corrected chi connectivity index (χ1v) is 5.61. The Hall–Kier alpha value is -0.450. The van der Waals surface area contributed by atoms with E-state index >= 15 is 0 Å². The molecule has 0 spiro atoms. The van der Waals surface area contributed by atoms with Gasteiger partial charge in [0, 0.05) is 10.5 Å². The van der Waals surface area contributed by atoms with Gasteiger partial charge in [0.05, 0.1) is 6.10 Å². The van der Waals surface area contributed by atoms with E-state index in [0.29, 0.717) is 10.0 Å². The van der Waals surface area contributed by atoms with Crippen molar-refractivity contribution >= 4 is 15.9 Å². The van der Waals surface area contributed by atoms with Gasteiger partial charge in [0.15, 0.2) is 0 Å². The molecule has 2 unspecified atom stereocenters. The molecule has 0 aliphatic carbocycles. The Kier molecular flexibility index (Phi) is 4.25. The van der Waals surface area contributed by atoms with Crippen LogP contribution < -0.4 is 5.73 Å². The summed E-state index contributed by atoms with van der Waals surface area (Å²) in [6.45, 7) is 3.84. The van der Waals surface area contributed by atoms with Crippen LogP contribution in [0.25, 0.3) is 0 Å². The molecular formula is C11H15BrFNO. The summed E-state index contributed by atoms with van der Waals surface area (Å²) in [6.07, 6.45) is -0.852. The van der Waals surface area contributed by atoms with Crippen LogP contribution in [0.2, 0.25) is 0 Å². The molecule has 1 aromatic rings. The minimum absolute atomic E-state index is 0.134. The number of halogens is 2. The van der Waals surface area contributed by atoms with Gasteiger partial charge in [0.25, 0.3) is 0 Å². The predicted octanol–water partition coefficient (Wildman–Crippen LogP) is 2.60. The zero-order valence-electron chi connectivity index (χ0n) is 8.74. The summed E-state index contributed by atoms with van der Waals surface area (Å²) in [7, 11) is 0. The average molecular weight is 276 g/mol. The van der Waals surface area contributed by atoms with Gasteiger partial charge in [0.1, 0.15) is 5.82 Å². The number of aliphatic hydroxyl groups excluding tert-OH is 1. The normalized spacial score (nSPS) is 15.4. The maximum absolute atomic E-state index is 13.0. The third-order valence-corrected chi connectivity index (χ3v) is 3.13. The van der Waals surface area contributed by atoms with Crippen LogP contribution in [-0.2, 0) is 0 Å². The van der Waals surface area contributed by atoms with E-state index in [-0.39, 0.29) is 11.7 Å². The van der Waals surface area contributed by atoms with Gasteiger partial charge in [-0.05, 0) is 29.7 Å². The molecule has 0 heterocycles. The Morgan fingerprint density at radius 3 is 2.53 bits per heavy atom. The van der Waals surface area contributed by atoms with Crippen LogP contribution >= 0.6 is 15.9 Å². The van der Waals surface area contributed by atoms with E-state index in [1.807, 2.05) is 13.8 Å². The minimum Gasteiger partial charge on any atom is -0.387 e. The summed E-state index contributed by atoms with van der Waals surface area (Å²) in [5.74, 6) is -0.238. The summed E-state index contributed by atoms with van der Waals surface area (Å²) in [5.41, 5.74) is 6.31. The van der Waals surface area contributed by atoms with Gasteiger partial charge in [-0.25, -0.2) is 4.39 Å². The second-order valence-corrected chi connectivity index (χ2v) is 4.79. The quantitative estimate of drug-likeness (QED) is 0.891. The van der Waals surface area contributed by atoms with Crippen molar-refractivity contribution in [2.45, 2.75) is 26.0 Å². The first kappa shape index (κ1) is 12.6. The molecule has 0 fully saturated rings. The molecule has 1 rings (SSSR count). The van der Waals surface area contributed by atoms with Gasteiger partial charge in [-0.15, -0.1) is 0 Å². The van der Waals surface area contributed by atoms with Crippen LogP contribution in [0.5, 0.6) is 0 Å². The molecule has 4 heteroatoms. The van der Waals surface area contributed by atoms with Crippen molar-refractivity contribution in [2.24, 2.45) is 11.7 Å². The summed E-state index contributed by atoms with van der Waals surface area (Å²) in [5, 5.41) is 9.94. The molecule has 1 aromatic carbocycles. The highest BCUT2D eigenvalue weighted by molar-refractivity contribution is 9.10. The molecule has 0 aliphatic heterocycles. The van der Waals surface area contributed by atoms with Crippen molar-refractivity contribution in [1.82, 2.24) is 0 Å². The Labute approximate surface area is 97.4 Å². The van der Waals surface area contributed by atoms with Crippen molar-refractivity contribution in [2.75, 3.05) is 0 Å². The molecule has 84 valence electrons. The molecule has 0 aromatic heterocycles. The van der Waals surface area contributed by atoms with Crippen molar-refractivity contribution in [1.29, 1.82) is 0 Å². The molecule has 0 amide bonds. The second kappa shape index (κ2) is 5.05. The highest BCUT2D eigenvalue weighted by Crippen LogP contribution is 2.27. The lowest BCUT2D eigenvalue weighted by Crippen LogP contribution is -2.33. The van der Waals surface area contributed by atoms with E-state index in [2.05, 4.69) is 15.9 Å². The Balaban J connectivity index is 2.99. The summed E-state index contributed by atoms with van der Waals surface area (Å²) >= 11 is 3.27. The maximum Gasteiger partial charge on any atom is 0.123 e. The monoisotopic (exact) mass is 275 g/mol. The number of hydrogen-bond acceptors (Lipinski definition) is 2. The summed E-state index contributed by atoms with van der Waals surface area (Å²) < 4.78 is 13.7. The third kappa shape index (κ3) is 3.00. The molecule has 0 bridgehead atoms. The van der Waals surface area contributed by atoms with Gasteiger partial charge >= 0.3 is 0 Å². The van der Waals surface area contributed by atoms with E-state index in [1.54, 1.807) is 6.07 Å². The lowest BCUT2D eigenvalue weighted by molar-refractivity contribution is 0.125. The van der Waals surface area contributed by atoms with Crippen molar-refractivity contribution in [3.63, 3.8) is 0 Å². The van der Waals surface area contributed by atoms with Gasteiger partial charge in [-0.3, -0.25) is 0 Å². The van der Waals surface area contributed by atoms with E-state index in [4.69, 9.17) is 5.73 Å². The van der Waals surface area contributed by atoms with E-state index < -0.39 is 12.1 Å². The molecule has 2 atom stereocenters. The van der Waals surface area contributed by atoms with Gasteiger partial charge in [-0.1, -0.05) is 29.8 Å². The third-order valence-electron chi connectivity index (χ3n) is 2.41. The SMILES string of the molecule is CC(C)C(N)C(O)c1cc(F)ccc1Br. The molecule has 0 aliphatic rings. The lowest BCUT2D eigenvalue weighted by atomic mass is 9.94. The van der Waals surface area contributed by atoms with E-state index in [0.717, 1.165) is 0 Å². The van der Waals surface area contributed by atoms with Crippen LogP contribution in [0.3, 0.4) is 0 Å². The minimum atomic E-state index is -0.852. The molecule has 15 heavy (non-hydrogen) atoms. The van der Waals surface area contributed by atoms with Crippen LogP contribution in [-0.4, -0.2) is 11.1 Å². The summed E-state index contributed by atoms with van der Waals surface area (Å²) in [6, 6.07) is 3.81. The standard InChI is InChI=1S/C11H15BrFNO/c1-6(2)10(14)11(15)8-5-7(13)3-4-9(8)12/h3-6,10-11,15H,14H2,1-2H3. The van der Waals surface area contributed by atoms with Crippen LogP contribution in [0.1, 0.15) is 25.5 Å². The molecule has 0 saturated carbocycles. The first-order chi connectivity index (χ1) is 6.93. The fourth-order valence-electron chi connectivity index (χ4n) is 1.31.